The quantitative estimate of drug-likeness (QED) is 0.341. The van der Waals surface area contributed by atoms with Gasteiger partial charge in [0.25, 0.3) is 5.91 Å². The Morgan fingerprint density at radius 3 is 2.71 bits per heavy atom. The summed E-state index contributed by atoms with van der Waals surface area (Å²) in [7, 11) is 0. The molecule has 0 radical (unpaired) electrons. The Morgan fingerprint density at radius 1 is 1.29 bits per heavy atom. The molecule has 88 valence electrons. The fourth-order valence-corrected chi connectivity index (χ4v) is 1.70. The molecular weight excluding hydrogens is 218 g/mol. The van der Waals surface area contributed by atoms with Crippen molar-refractivity contribution in [2.75, 3.05) is 5.43 Å². The van der Waals surface area contributed by atoms with Crippen LogP contribution in [0.2, 0.25) is 0 Å². The van der Waals surface area contributed by atoms with E-state index in [1.54, 1.807) is 18.2 Å². The van der Waals surface area contributed by atoms with Crippen molar-refractivity contribution in [3.05, 3.63) is 35.5 Å². The van der Waals surface area contributed by atoms with E-state index < -0.39 is 0 Å². The van der Waals surface area contributed by atoms with E-state index in [0.29, 0.717) is 5.56 Å². The number of pyridine rings is 1. The second kappa shape index (κ2) is 4.36. The van der Waals surface area contributed by atoms with Gasteiger partial charge in [-0.05, 0) is 31.2 Å². The monoisotopic (exact) mass is 231 g/mol. The fraction of sp³-hybridized carbons (Fsp3) is 0.0909. The molecule has 6 N–H and O–H groups in total. The summed E-state index contributed by atoms with van der Waals surface area (Å²) < 4.78 is 0. The number of nitrogens with one attached hydrogen (secondary N) is 2. The zero-order valence-corrected chi connectivity index (χ0v) is 9.32. The lowest BCUT2D eigenvalue weighted by molar-refractivity contribution is 0.0954. The van der Waals surface area contributed by atoms with Crippen LogP contribution in [-0.4, -0.2) is 10.9 Å². The lowest BCUT2D eigenvalue weighted by Gasteiger charge is -2.08. The van der Waals surface area contributed by atoms with Crippen molar-refractivity contribution in [3.63, 3.8) is 0 Å². The van der Waals surface area contributed by atoms with Gasteiger partial charge in [-0.1, -0.05) is 0 Å². The van der Waals surface area contributed by atoms with Gasteiger partial charge >= 0.3 is 0 Å². The average molecular weight is 231 g/mol. The molecule has 0 aliphatic heterocycles. The summed E-state index contributed by atoms with van der Waals surface area (Å²) in [5.41, 5.74) is 7.48. The number of nitrogens with two attached hydrogens (primary N) is 2. The van der Waals surface area contributed by atoms with Crippen molar-refractivity contribution in [3.8, 4) is 0 Å². The number of carbonyl (C=O) groups excluding carboxylic acids is 1. The molecule has 1 amide bonds. The van der Waals surface area contributed by atoms with E-state index in [9.17, 15) is 4.79 Å². The molecule has 17 heavy (non-hydrogen) atoms. The normalized spacial score (nSPS) is 10.3. The van der Waals surface area contributed by atoms with Gasteiger partial charge in [0.1, 0.15) is 0 Å². The maximum Gasteiger partial charge on any atom is 0.265 e. The molecule has 0 spiro atoms. The molecule has 1 heterocycles. The molecule has 1 aromatic heterocycles. The summed E-state index contributed by atoms with van der Waals surface area (Å²) in [6, 6.07) is 6.93. The highest BCUT2D eigenvalue weighted by atomic mass is 16.2. The number of rotatable bonds is 2. The van der Waals surface area contributed by atoms with E-state index >= 15 is 0 Å². The first-order chi connectivity index (χ1) is 8.15. The van der Waals surface area contributed by atoms with Crippen LogP contribution >= 0.6 is 0 Å². The molecule has 0 fully saturated rings. The van der Waals surface area contributed by atoms with Crippen molar-refractivity contribution >= 4 is 22.5 Å². The molecular formula is C11H13N5O. The molecule has 2 aromatic rings. The zero-order valence-electron chi connectivity index (χ0n) is 9.32. The van der Waals surface area contributed by atoms with Gasteiger partial charge in [0.15, 0.2) is 0 Å². The van der Waals surface area contributed by atoms with E-state index in [2.05, 4.69) is 15.8 Å². The van der Waals surface area contributed by atoms with Crippen LogP contribution in [0.25, 0.3) is 10.9 Å². The number of aryl methyl sites for hydroxylation is 1. The van der Waals surface area contributed by atoms with E-state index in [1.165, 1.54) is 0 Å². The highest BCUT2D eigenvalue weighted by Crippen LogP contribution is 2.23. The number of anilines is 1. The highest BCUT2D eigenvalue weighted by molar-refractivity contribution is 6.00. The number of amides is 1. The third-order valence-electron chi connectivity index (χ3n) is 2.49. The second-order valence-electron chi connectivity index (χ2n) is 3.66. The summed E-state index contributed by atoms with van der Waals surface area (Å²) in [4.78, 5) is 15.8. The van der Waals surface area contributed by atoms with Crippen molar-refractivity contribution < 1.29 is 4.79 Å². The number of carbonyl (C=O) groups is 1. The summed E-state index contributed by atoms with van der Waals surface area (Å²) in [5.74, 6) is 10.2. The van der Waals surface area contributed by atoms with Crippen LogP contribution in [0.1, 0.15) is 16.1 Å². The second-order valence-corrected chi connectivity index (χ2v) is 3.66. The summed E-state index contributed by atoms with van der Waals surface area (Å²) in [5, 5.41) is 0.777. The van der Waals surface area contributed by atoms with Crippen LogP contribution in [0.3, 0.4) is 0 Å². The molecule has 1 aromatic carbocycles. The number of hydrogen-bond donors (Lipinski definition) is 4. The molecule has 0 atom stereocenters. The standard InChI is InChI=1S/C11H13N5O/c1-6-4-10(15-12)8-5-7(11(17)16-13)2-3-9(8)14-6/h2-5H,12-13H2,1H3,(H,14,15)(H,16,17). The van der Waals surface area contributed by atoms with Gasteiger partial charge in [-0.2, -0.15) is 0 Å². The summed E-state index contributed by atoms with van der Waals surface area (Å²) in [6.45, 7) is 1.88. The minimum absolute atomic E-state index is 0.351. The minimum atomic E-state index is -0.351. The molecule has 0 aliphatic rings. The first-order valence-electron chi connectivity index (χ1n) is 5.04. The van der Waals surface area contributed by atoms with Crippen LogP contribution in [0, 0.1) is 6.92 Å². The maximum absolute atomic E-state index is 11.4. The topological polar surface area (TPSA) is 106 Å². The van der Waals surface area contributed by atoms with Gasteiger partial charge in [-0.25, -0.2) is 5.84 Å². The predicted octanol–water partition coefficient (Wildman–Crippen LogP) is 0.432. The highest BCUT2D eigenvalue weighted by Gasteiger charge is 2.08. The number of benzene rings is 1. The van der Waals surface area contributed by atoms with Gasteiger partial charge < -0.3 is 5.43 Å². The molecule has 2 rings (SSSR count). The smallest absolute Gasteiger partial charge is 0.265 e. The summed E-state index contributed by atoms with van der Waals surface area (Å²) in [6.07, 6.45) is 0. The van der Waals surface area contributed by atoms with Gasteiger partial charge in [0.05, 0.1) is 11.2 Å². The van der Waals surface area contributed by atoms with Gasteiger partial charge in [-0.15, -0.1) is 0 Å². The van der Waals surface area contributed by atoms with Crippen LogP contribution in [0.15, 0.2) is 24.3 Å². The number of hydrogen-bond acceptors (Lipinski definition) is 5. The van der Waals surface area contributed by atoms with Crippen molar-refractivity contribution in [1.29, 1.82) is 0 Å². The van der Waals surface area contributed by atoms with E-state index in [4.69, 9.17) is 11.7 Å². The Bertz CT molecular complexity index is 581. The Balaban J connectivity index is 2.67. The molecule has 0 saturated heterocycles. The van der Waals surface area contributed by atoms with Crippen molar-refractivity contribution in [2.24, 2.45) is 11.7 Å². The number of nitrogens with zero attached hydrogens (tertiary/aromatic N) is 1. The Morgan fingerprint density at radius 2 is 2.06 bits per heavy atom. The van der Waals surface area contributed by atoms with Gasteiger partial charge in [-0.3, -0.25) is 21.0 Å². The number of aromatic nitrogens is 1. The number of nitrogen functional groups attached to an aromatic ring is 2. The number of fused-ring (bicyclic) bond motifs is 1. The third-order valence-corrected chi connectivity index (χ3v) is 2.49. The first-order valence-corrected chi connectivity index (χ1v) is 5.04. The third kappa shape index (κ3) is 2.03. The predicted molar refractivity (Wildman–Crippen MR) is 65.9 cm³/mol. The molecule has 0 aliphatic carbocycles. The Hall–Kier alpha value is -2.18. The van der Waals surface area contributed by atoms with Gasteiger partial charge in [0.2, 0.25) is 0 Å². The van der Waals surface area contributed by atoms with E-state index in [1.807, 2.05) is 13.0 Å². The van der Waals surface area contributed by atoms with Gasteiger partial charge in [0, 0.05) is 16.6 Å². The number of hydrazine groups is 2. The maximum atomic E-state index is 11.4. The SMILES string of the molecule is Cc1cc(NN)c2cc(C(=O)NN)ccc2n1. The molecule has 6 nitrogen and oxygen atoms in total. The molecule has 6 heteroatoms. The van der Waals surface area contributed by atoms with Crippen LogP contribution in [0.4, 0.5) is 5.69 Å². The molecule has 0 unspecified atom stereocenters. The fourth-order valence-electron chi connectivity index (χ4n) is 1.70. The molecule has 0 bridgehead atoms. The van der Waals surface area contributed by atoms with E-state index in [0.717, 1.165) is 22.3 Å². The Kier molecular flexibility index (Phi) is 2.90. The largest absolute Gasteiger partial charge is 0.323 e. The summed E-state index contributed by atoms with van der Waals surface area (Å²) >= 11 is 0. The first kappa shape index (κ1) is 11.3. The Labute approximate surface area is 97.9 Å². The van der Waals surface area contributed by atoms with Crippen molar-refractivity contribution in [1.82, 2.24) is 10.4 Å². The lowest BCUT2D eigenvalue weighted by atomic mass is 10.1. The van der Waals surface area contributed by atoms with E-state index in [-0.39, 0.29) is 5.91 Å². The minimum Gasteiger partial charge on any atom is -0.323 e. The van der Waals surface area contributed by atoms with Crippen LogP contribution in [-0.2, 0) is 0 Å². The van der Waals surface area contributed by atoms with Crippen LogP contribution < -0.4 is 22.5 Å². The van der Waals surface area contributed by atoms with Crippen LogP contribution in [0.5, 0.6) is 0 Å². The zero-order chi connectivity index (χ0) is 12.4. The molecule has 0 saturated carbocycles. The van der Waals surface area contributed by atoms with Crippen molar-refractivity contribution in [2.45, 2.75) is 6.92 Å². The average Bonchev–Trinajstić information content (AvgIpc) is 2.36. The lowest BCUT2D eigenvalue weighted by Crippen LogP contribution is -2.29.